The molecule has 1 saturated heterocycles. The van der Waals surface area contributed by atoms with Crippen LogP contribution in [0.15, 0.2) is 15.9 Å². The van der Waals surface area contributed by atoms with Crippen LogP contribution in [0.5, 0.6) is 0 Å². The average molecular weight is 382 g/mol. The van der Waals surface area contributed by atoms with Gasteiger partial charge in [-0.15, -0.1) is 0 Å². The van der Waals surface area contributed by atoms with E-state index in [4.69, 9.17) is 27.4 Å². The largest absolute Gasteiger partial charge is 0.394 e. The first kappa shape index (κ1) is 19.2. The van der Waals surface area contributed by atoms with Gasteiger partial charge in [-0.3, -0.25) is 28.4 Å². The molecule has 0 bridgehead atoms. The number of rotatable bonds is 2. The summed E-state index contributed by atoms with van der Waals surface area (Å²) in [6.07, 6.45) is -3.43. The Balaban J connectivity index is 0.000000399. The lowest BCUT2D eigenvalue weighted by molar-refractivity contribution is -0.0511. The monoisotopic (exact) mass is 382 g/mol. The van der Waals surface area contributed by atoms with Crippen molar-refractivity contribution in [3.63, 3.8) is 0 Å². The van der Waals surface area contributed by atoms with Crippen LogP contribution in [0.3, 0.4) is 0 Å². The van der Waals surface area contributed by atoms with E-state index < -0.39 is 52.8 Å². The zero-order valence-corrected chi connectivity index (χ0v) is 13.0. The molecule has 15 heteroatoms. The number of aromatic amines is 2. The number of H-pyrrole nitrogens is 2. The number of hydrogen-bond donors (Lipinski definition) is 7. The van der Waals surface area contributed by atoms with Gasteiger partial charge in [-0.1, -0.05) is 0 Å². The van der Waals surface area contributed by atoms with E-state index >= 15 is 0 Å². The molecule has 1 aliphatic rings. The Bertz CT molecular complexity index is 954. The smallest absolute Gasteiger partial charge is 0.394 e. The second kappa shape index (κ2) is 7.00. The molecule has 0 radical (unpaired) electrons. The van der Waals surface area contributed by atoms with Crippen LogP contribution in [-0.4, -0.2) is 77.3 Å². The highest BCUT2D eigenvalue weighted by atomic mass is 32.3. The maximum Gasteiger partial charge on any atom is 0.394 e. The normalized spacial score (nSPS) is 26.4. The van der Waals surface area contributed by atoms with Gasteiger partial charge in [-0.05, 0) is 0 Å². The standard InChI is InChI=1S/C10H12N4O6.H2O4S/c15-1-3-5(16)6(17)9(20-3)14-2-11-4-7(14)12-10(19)13-8(4)18;1-5(2,3)4/h2-3,5-6,9,15-17H,1H2,(H2,12,13,18,19);(H2,1,2,3,4)/t3-,5-,6-,9-;/m1./s1. The molecule has 2 aromatic heterocycles. The molecule has 0 aliphatic carbocycles. The van der Waals surface area contributed by atoms with Gasteiger partial charge >= 0.3 is 16.1 Å². The minimum Gasteiger partial charge on any atom is -0.394 e. The van der Waals surface area contributed by atoms with Gasteiger partial charge in [0.15, 0.2) is 11.7 Å². The fourth-order valence-corrected chi connectivity index (χ4v) is 2.25. The third-order valence-electron chi connectivity index (χ3n) is 3.26. The predicted molar refractivity (Wildman–Crippen MR) is 78.2 cm³/mol. The van der Waals surface area contributed by atoms with Gasteiger partial charge < -0.3 is 20.1 Å². The Morgan fingerprint density at radius 1 is 1.20 bits per heavy atom. The number of aliphatic hydroxyl groups excluding tert-OH is 3. The first-order valence-electron chi connectivity index (χ1n) is 6.54. The molecule has 140 valence electrons. The van der Waals surface area contributed by atoms with Crippen molar-refractivity contribution >= 4 is 21.6 Å². The maximum absolute atomic E-state index is 11.6. The summed E-state index contributed by atoms with van der Waals surface area (Å²) in [6.45, 7) is -0.474. The van der Waals surface area contributed by atoms with E-state index in [2.05, 4.69) is 9.97 Å². The van der Waals surface area contributed by atoms with Crippen molar-refractivity contribution in [2.45, 2.75) is 24.5 Å². The fraction of sp³-hybridized carbons (Fsp3) is 0.500. The number of hydrogen-bond acceptors (Lipinski definition) is 9. The van der Waals surface area contributed by atoms with Crippen LogP contribution in [0, 0.1) is 0 Å². The lowest BCUT2D eigenvalue weighted by atomic mass is 10.1. The number of aliphatic hydroxyl groups is 3. The van der Waals surface area contributed by atoms with Gasteiger partial charge in [-0.2, -0.15) is 8.42 Å². The lowest BCUT2D eigenvalue weighted by Gasteiger charge is -2.16. The highest BCUT2D eigenvalue weighted by Crippen LogP contribution is 2.30. The Hall–Kier alpha value is -2.14. The van der Waals surface area contributed by atoms with E-state index in [0.29, 0.717) is 0 Å². The van der Waals surface area contributed by atoms with E-state index in [9.17, 15) is 19.8 Å². The average Bonchev–Trinajstić information content (AvgIpc) is 3.00. The molecular formula is C10H14N4O10S. The van der Waals surface area contributed by atoms with Gasteiger partial charge in [0.05, 0.1) is 12.9 Å². The van der Waals surface area contributed by atoms with E-state index in [1.807, 2.05) is 4.98 Å². The Morgan fingerprint density at radius 2 is 1.80 bits per heavy atom. The second-order valence-corrected chi connectivity index (χ2v) is 5.83. The summed E-state index contributed by atoms with van der Waals surface area (Å²) in [5.74, 6) is 0. The molecule has 25 heavy (non-hydrogen) atoms. The van der Waals surface area contributed by atoms with Crippen molar-refractivity contribution in [1.82, 2.24) is 19.5 Å². The van der Waals surface area contributed by atoms with Gasteiger partial charge in [0.2, 0.25) is 0 Å². The third-order valence-corrected chi connectivity index (χ3v) is 3.26. The van der Waals surface area contributed by atoms with Crippen molar-refractivity contribution in [3.8, 4) is 0 Å². The molecule has 3 rings (SSSR count). The van der Waals surface area contributed by atoms with Gasteiger partial charge in [-0.25, -0.2) is 9.78 Å². The van der Waals surface area contributed by atoms with Gasteiger partial charge in [0.1, 0.15) is 24.0 Å². The second-order valence-electron chi connectivity index (χ2n) is 4.93. The molecule has 1 fully saturated rings. The lowest BCUT2D eigenvalue weighted by Crippen LogP contribution is -2.33. The highest BCUT2D eigenvalue weighted by molar-refractivity contribution is 7.79. The van der Waals surface area contributed by atoms with E-state index in [1.165, 1.54) is 10.9 Å². The Labute approximate surface area is 137 Å². The summed E-state index contributed by atoms with van der Waals surface area (Å²) in [5.41, 5.74) is -1.36. The summed E-state index contributed by atoms with van der Waals surface area (Å²) in [6, 6.07) is 0. The van der Waals surface area contributed by atoms with E-state index in [1.54, 1.807) is 0 Å². The zero-order valence-electron chi connectivity index (χ0n) is 12.2. The molecule has 0 saturated carbocycles. The minimum absolute atomic E-state index is 0.0256. The molecule has 0 aromatic carbocycles. The minimum atomic E-state index is -4.67. The number of fused-ring (bicyclic) bond motifs is 1. The topological polar surface area (TPSA) is 228 Å². The number of nitrogens with zero attached hydrogens (tertiary/aromatic N) is 2. The quantitative estimate of drug-likeness (QED) is 0.251. The molecule has 4 atom stereocenters. The Morgan fingerprint density at radius 3 is 2.32 bits per heavy atom. The first-order chi connectivity index (χ1) is 11.5. The van der Waals surface area contributed by atoms with Crippen molar-refractivity contribution in [2.75, 3.05) is 6.61 Å². The van der Waals surface area contributed by atoms with Crippen LogP contribution < -0.4 is 11.2 Å². The Kier molecular flexibility index (Phi) is 5.37. The van der Waals surface area contributed by atoms with Crippen molar-refractivity contribution in [1.29, 1.82) is 0 Å². The molecule has 1 aliphatic heterocycles. The van der Waals surface area contributed by atoms with Crippen LogP contribution in [0.1, 0.15) is 6.23 Å². The molecule has 7 N–H and O–H groups in total. The molecule has 3 heterocycles. The number of imidazole rings is 1. The number of nitrogens with one attached hydrogen (secondary N) is 2. The number of aromatic nitrogens is 4. The van der Waals surface area contributed by atoms with Crippen molar-refractivity contribution in [2.24, 2.45) is 0 Å². The maximum atomic E-state index is 11.6. The van der Waals surface area contributed by atoms with Crippen LogP contribution in [0.25, 0.3) is 11.2 Å². The SMILES string of the molecule is O=S(=O)(O)O.O=c1[nH]c(=O)c2ncn([C@@H]3O[C@H](CO)[C@@H](O)[C@H]3O)c2[nH]1. The van der Waals surface area contributed by atoms with E-state index in [0.717, 1.165) is 0 Å². The van der Waals surface area contributed by atoms with Crippen LogP contribution >= 0.6 is 0 Å². The highest BCUT2D eigenvalue weighted by Gasteiger charge is 2.43. The van der Waals surface area contributed by atoms with Crippen LogP contribution in [0.2, 0.25) is 0 Å². The van der Waals surface area contributed by atoms with Gasteiger partial charge in [0, 0.05) is 0 Å². The third kappa shape index (κ3) is 4.28. The molecular weight excluding hydrogens is 368 g/mol. The number of ether oxygens (including phenoxy) is 1. The summed E-state index contributed by atoms with van der Waals surface area (Å²) < 4.78 is 38.1. The molecule has 2 aromatic rings. The molecule has 0 unspecified atom stereocenters. The van der Waals surface area contributed by atoms with Crippen LogP contribution in [-0.2, 0) is 15.1 Å². The van der Waals surface area contributed by atoms with Crippen molar-refractivity contribution in [3.05, 3.63) is 27.2 Å². The summed E-state index contributed by atoms with van der Waals surface area (Å²) in [7, 11) is -4.67. The fourth-order valence-electron chi connectivity index (χ4n) is 2.25. The van der Waals surface area contributed by atoms with Gasteiger partial charge in [0.25, 0.3) is 5.56 Å². The van der Waals surface area contributed by atoms with E-state index in [-0.39, 0.29) is 11.2 Å². The van der Waals surface area contributed by atoms with Crippen molar-refractivity contribution < 1.29 is 37.6 Å². The summed E-state index contributed by atoms with van der Waals surface area (Å²) >= 11 is 0. The molecule has 0 spiro atoms. The molecule has 0 amide bonds. The zero-order chi connectivity index (χ0) is 18.9. The predicted octanol–water partition coefficient (Wildman–Crippen LogP) is -3.63. The van der Waals surface area contributed by atoms with Crippen LogP contribution in [0.4, 0.5) is 0 Å². The summed E-state index contributed by atoms with van der Waals surface area (Å²) in [4.78, 5) is 31.1. The summed E-state index contributed by atoms with van der Waals surface area (Å²) in [5, 5.41) is 28.7. The first-order valence-corrected chi connectivity index (χ1v) is 7.94. The molecule has 14 nitrogen and oxygen atoms in total.